The lowest BCUT2D eigenvalue weighted by Gasteiger charge is -2.43. The van der Waals surface area contributed by atoms with Gasteiger partial charge in [-0.1, -0.05) is 6.07 Å². The molecule has 2 aliphatic carbocycles. The molecule has 0 amide bonds. The number of aliphatic hydroxyl groups is 2. The molecule has 8 N–H and O–H groups in total. The van der Waals surface area contributed by atoms with Crippen molar-refractivity contribution in [1.82, 2.24) is 14.8 Å². The summed E-state index contributed by atoms with van der Waals surface area (Å²) in [5, 5.41) is 35.7. The maximum absolute atomic E-state index is 10.9. The fourth-order valence-corrected chi connectivity index (χ4v) is 7.36. The molecule has 212 valence electrons. The Morgan fingerprint density at radius 3 is 2.67 bits per heavy atom. The van der Waals surface area contributed by atoms with Crippen LogP contribution in [0, 0.1) is 11.8 Å². The van der Waals surface area contributed by atoms with Crippen LogP contribution in [0.2, 0.25) is 0 Å². The highest BCUT2D eigenvalue weighted by atomic mass is 16.5. The van der Waals surface area contributed by atoms with Gasteiger partial charge in [-0.15, -0.1) is 0 Å². The molecular weight excluding hydrogens is 494 g/mol. The molecule has 3 aliphatic heterocycles. The topological polar surface area (TPSA) is 132 Å². The van der Waals surface area contributed by atoms with E-state index in [2.05, 4.69) is 56.0 Å². The Bertz CT molecular complexity index is 1180. The molecule has 2 saturated carbocycles. The van der Waals surface area contributed by atoms with Crippen LogP contribution in [0.4, 0.5) is 17.2 Å². The summed E-state index contributed by atoms with van der Waals surface area (Å²) < 4.78 is 7.43. The summed E-state index contributed by atoms with van der Waals surface area (Å²) in [4.78, 5) is 2.41. The van der Waals surface area contributed by atoms with E-state index >= 15 is 0 Å². The zero-order valence-corrected chi connectivity index (χ0v) is 22.7. The van der Waals surface area contributed by atoms with Gasteiger partial charge in [0, 0.05) is 36.2 Å². The Morgan fingerprint density at radius 2 is 1.87 bits per heavy atom. The van der Waals surface area contributed by atoms with Gasteiger partial charge in [0.25, 0.3) is 0 Å². The lowest BCUT2D eigenvalue weighted by molar-refractivity contribution is -0.00683. The number of aliphatic hydroxyl groups excluding tert-OH is 2. The third-order valence-corrected chi connectivity index (χ3v) is 10.0. The summed E-state index contributed by atoms with van der Waals surface area (Å²) in [6.07, 6.45) is 6.06. The zero-order chi connectivity index (χ0) is 26.7. The van der Waals surface area contributed by atoms with Crippen molar-refractivity contribution in [3.8, 4) is 0 Å². The van der Waals surface area contributed by atoms with Crippen molar-refractivity contribution in [3.05, 3.63) is 41.6 Å². The summed E-state index contributed by atoms with van der Waals surface area (Å²) in [6.45, 7) is 3.08. The average molecular weight is 538 g/mol. The van der Waals surface area contributed by atoms with Gasteiger partial charge in [-0.25, -0.2) is 0 Å². The zero-order valence-electron chi connectivity index (χ0n) is 22.7. The predicted octanol–water partition coefficient (Wildman–Crippen LogP) is 2.17. The van der Waals surface area contributed by atoms with Crippen LogP contribution in [-0.4, -0.2) is 77.6 Å². The number of nitrogens with zero attached hydrogens (tertiary/aromatic N) is 2. The van der Waals surface area contributed by atoms with Gasteiger partial charge in [0.15, 0.2) is 0 Å². The third-order valence-electron chi connectivity index (χ3n) is 10.0. The van der Waals surface area contributed by atoms with E-state index in [9.17, 15) is 10.2 Å². The first-order valence-corrected chi connectivity index (χ1v) is 14.7. The van der Waals surface area contributed by atoms with Crippen molar-refractivity contribution >= 4 is 17.2 Å². The van der Waals surface area contributed by atoms with Crippen molar-refractivity contribution in [2.45, 2.75) is 74.6 Å². The molecule has 4 heterocycles. The molecule has 0 spiro atoms. The fourth-order valence-electron chi connectivity index (χ4n) is 7.36. The number of nitrogens with one attached hydrogen (secondary N) is 4. The van der Waals surface area contributed by atoms with Gasteiger partial charge in [0.2, 0.25) is 0 Å². The Hall–Kier alpha value is -2.34. The highest BCUT2D eigenvalue weighted by Crippen LogP contribution is 2.42. The standard InChI is InChI=1S/C29H43N7O3/c1-35(12-18-11-24(27(38)26(18)37)36-7-6-21-28(30)31-15-32-29(21)36)20-8-16(9-20)2-5-25-33-22-4-3-17(10-23(22)34-25)19-13-39-14-19/h3-4,6-7,10,16,18-20,24-28,31-34,37-38H,2,5,8-9,11-15,30H2,1H3/t16?,18-,20?,24-,25?,26-,27+,28?/m1/s1. The maximum atomic E-state index is 10.9. The summed E-state index contributed by atoms with van der Waals surface area (Å²) >= 11 is 0. The largest absolute Gasteiger partial charge is 0.390 e. The number of rotatable bonds is 8. The van der Waals surface area contributed by atoms with E-state index in [1.807, 2.05) is 12.3 Å². The predicted molar refractivity (Wildman–Crippen MR) is 152 cm³/mol. The van der Waals surface area contributed by atoms with Crippen LogP contribution < -0.4 is 27.0 Å². The number of nitrogens with two attached hydrogens (primary N) is 1. The quantitative estimate of drug-likeness (QED) is 0.271. The Morgan fingerprint density at radius 1 is 1.05 bits per heavy atom. The van der Waals surface area contributed by atoms with Crippen LogP contribution in [0.25, 0.3) is 0 Å². The first-order valence-electron chi connectivity index (χ1n) is 14.7. The Labute approximate surface area is 230 Å². The van der Waals surface area contributed by atoms with Crippen molar-refractivity contribution in [1.29, 1.82) is 0 Å². The SMILES string of the molecule is CN(C[C@H]1C[C@@H](n2ccc3c2NCNC3N)[C@H](O)[C@@H]1O)C1CC(CCC2Nc3ccc(C4COC4)cc3N2)C1. The summed E-state index contributed by atoms with van der Waals surface area (Å²) in [6, 6.07) is 9.13. The van der Waals surface area contributed by atoms with Gasteiger partial charge in [0.1, 0.15) is 11.9 Å². The second-order valence-corrected chi connectivity index (χ2v) is 12.5. The molecule has 10 heteroatoms. The number of aromatic nitrogens is 1. The molecule has 1 saturated heterocycles. The number of hydrogen-bond donors (Lipinski definition) is 7. The fraction of sp³-hybridized carbons (Fsp3) is 0.655. The molecule has 2 aromatic rings. The molecule has 7 rings (SSSR count). The number of fused-ring (bicyclic) bond motifs is 2. The normalized spacial score (nSPS) is 35.4. The van der Waals surface area contributed by atoms with E-state index in [4.69, 9.17) is 10.5 Å². The molecule has 2 unspecified atom stereocenters. The molecule has 0 radical (unpaired) electrons. The number of benzene rings is 1. The van der Waals surface area contributed by atoms with E-state index in [0.717, 1.165) is 49.9 Å². The summed E-state index contributed by atoms with van der Waals surface area (Å²) in [7, 11) is 2.18. The van der Waals surface area contributed by atoms with E-state index in [-0.39, 0.29) is 18.1 Å². The second kappa shape index (κ2) is 10.2. The first-order chi connectivity index (χ1) is 18.9. The average Bonchev–Trinajstić information content (AvgIpc) is 3.54. The van der Waals surface area contributed by atoms with Gasteiger partial charge >= 0.3 is 0 Å². The van der Waals surface area contributed by atoms with E-state index in [0.29, 0.717) is 24.8 Å². The molecular formula is C29H43N7O3. The van der Waals surface area contributed by atoms with E-state index in [1.165, 1.54) is 36.2 Å². The first kappa shape index (κ1) is 25.6. The highest BCUT2D eigenvalue weighted by molar-refractivity contribution is 5.75. The van der Waals surface area contributed by atoms with E-state index in [1.54, 1.807) is 0 Å². The molecule has 1 aromatic carbocycles. The lowest BCUT2D eigenvalue weighted by Crippen LogP contribution is -2.46. The minimum absolute atomic E-state index is 0.0456. The Balaban J connectivity index is 0.872. The van der Waals surface area contributed by atoms with Crippen LogP contribution in [0.1, 0.15) is 61.4 Å². The summed E-state index contributed by atoms with van der Waals surface area (Å²) in [5.41, 5.74) is 11.0. The van der Waals surface area contributed by atoms with Gasteiger partial charge in [-0.2, -0.15) is 0 Å². The van der Waals surface area contributed by atoms with Gasteiger partial charge in [0.05, 0.1) is 55.7 Å². The lowest BCUT2D eigenvalue weighted by atomic mass is 9.76. The van der Waals surface area contributed by atoms with Crippen molar-refractivity contribution in [2.75, 3.05) is 49.4 Å². The van der Waals surface area contributed by atoms with Crippen LogP contribution in [0.5, 0.6) is 0 Å². The Kier molecular flexibility index (Phi) is 6.73. The molecule has 6 atom stereocenters. The monoisotopic (exact) mass is 537 g/mol. The minimum atomic E-state index is -0.782. The number of ether oxygens (including phenoxy) is 1. The maximum Gasteiger partial charge on any atom is 0.113 e. The molecule has 3 fully saturated rings. The highest BCUT2D eigenvalue weighted by Gasteiger charge is 2.45. The minimum Gasteiger partial charge on any atom is -0.390 e. The van der Waals surface area contributed by atoms with Crippen LogP contribution in [0.15, 0.2) is 30.5 Å². The molecule has 1 aromatic heterocycles. The molecule has 0 bridgehead atoms. The molecule has 10 nitrogen and oxygen atoms in total. The van der Waals surface area contributed by atoms with Crippen molar-refractivity contribution < 1.29 is 14.9 Å². The molecule has 39 heavy (non-hydrogen) atoms. The second-order valence-electron chi connectivity index (χ2n) is 12.5. The van der Waals surface area contributed by atoms with Crippen molar-refractivity contribution in [2.24, 2.45) is 17.6 Å². The van der Waals surface area contributed by atoms with Crippen LogP contribution >= 0.6 is 0 Å². The van der Waals surface area contributed by atoms with Gasteiger partial charge in [-0.3, -0.25) is 5.32 Å². The smallest absolute Gasteiger partial charge is 0.113 e. The summed E-state index contributed by atoms with van der Waals surface area (Å²) in [5.74, 6) is 2.29. The third kappa shape index (κ3) is 4.71. The van der Waals surface area contributed by atoms with Crippen LogP contribution in [-0.2, 0) is 4.74 Å². The number of anilines is 3. The number of hydrogen-bond acceptors (Lipinski definition) is 9. The van der Waals surface area contributed by atoms with E-state index < -0.39 is 12.2 Å². The van der Waals surface area contributed by atoms with Gasteiger partial charge < -0.3 is 46.1 Å². The molecule has 5 aliphatic rings. The van der Waals surface area contributed by atoms with Gasteiger partial charge in [-0.05, 0) is 68.8 Å². The van der Waals surface area contributed by atoms with Crippen LogP contribution in [0.3, 0.4) is 0 Å². The van der Waals surface area contributed by atoms with Crippen molar-refractivity contribution in [3.63, 3.8) is 0 Å².